The number of amides is 2. The summed E-state index contributed by atoms with van der Waals surface area (Å²) >= 11 is 0. The number of fused-ring (bicyclic) bond motifs is 1. The summed E-state index contributed by atoms with van der Waals surface area (Å²) in [6, 6.07) is 7.22. The maximum Gasteiger partial charge on any atom is 0.238 e. The van der Waals surface area contributed by atoms with E-state index in [1.807, 2.05) is 12.1 Å². The molecule has 1 aromatic rings. The smallest absolute Gasteiger partial charge is 0.238 e. The van der Waals surface area contributed by atoms with Gasteiger partial charge in [0.05, 0.1) is 6.54 Å². The molecular formula is C19H27N3O2. The second kappa shape index (κ2) is 7.79. The predicted molar refractivity (Wildman–Crippen MR) is 95.9 cm³/mol. The number of anilines is 2. The van der Waals surface area contributed by atoms with Crippen LogP contribution in [0.4, 0.5) is 11.4 Å². The number of nitrogens with one attached hydrogen (secondary N) is 2. The van der Waals surface area contributed by atoms with E-state index in [9.17, 15) is 9.59 Å². The molecule has 130 valence electrons. The highest BCUT2D eigenvalue weighted by molar-refractivity contribution is 5.93. The summed E-state index contributed by atoms with van der Waals surface area (Å²) in [7, 11) is 0. The van der Waals surface area contributed by atoms with Gasteiger partial charge in [0.2, 0.25) is 11.8 Å². The fraction of sp³-hybridized carbons (Fsp3) is 0.579. The Balaban J connectivity index is 1.47. The van der Waals surface area contributed by atoms with E-state index < -0.39 is 0 Å². The summed E-state index contributed by atoms with van der Waals surface area (Å²) in [6.07, 6.45) is 6.68. The lowest BCUT2D eigenvalue weighted by atomic mass is 9.75. The molecule has 5 nitrogen and oxygen atoms in total. The van der Waals surface area contributed by atoms with Crippen LogP contribution in [0.15, 0.2) is 24.3 Å². The van der Waals surface area contributed by atoms with E-state index in [2.05, 4.69) is 15.5 Å². The molecule has 3 rings (SSSR count). The number of rotatable bonds is 4. The van der Waals surface area contributed by atoms with Crippen LogP contribution in [0.1, 0.15) is 39.0 Å². The zero-order chi connectivity index (χ0) is 16.9. The molecule has 0 aromatic heterocycles. The number of piperidine rings is 1. The number of nitrogens with zero attached hydrogens (tertiary/aromatic N) is 1. The molecule has 2 N–H and O–H groups in total. The Morgan fingerprint density at radius 1 is 1.00 bits per heavy atom. The van der Waals surface area contributed by atoms with Gasteiger partial charge in [-0.1, -0.05) is 19.3 Å². The molecule has 0 bridgehead atoms. The molecule has 2 fully saturated rings. The van der Waals surface area contributed by atoms with Crippen LogP contribution < -0.4 is 10.6 Å². The molecule has 2 atom stereocenters. The van der Waals surface area contributed by atoms with Crippen LogP contribution in [-0.4, -0.2) is 36.3 Å². The molecule has 1 aromatic carbocycles. The minimum atomic E-state index is -0.0992. The SMILES string of the molecule is CC(=O)Nc1ccc(NC(=O)CN2CC[C@@H]3CCCC[C@@H]3C2)cc1. The van der Waals surface area contributed by atoms with Crippen molar-refractivity contribution < 1.29 is 9.59 Å². The Bertz CT molecular complexity index is 585. The van der Waals surface area contributed by atoms with E-state index in [1.165, 1.54) is 39.0 Å². The maximum atomic E-state index is 12.3. The van der Waals surface area contributed by atoms with Gasteiger partial charge in [0.25, 0.3) is 0 Å². The van der Waals surface area contributed by atoms with Crippen molar-refractivity contribution in [1.29, 1.82) is 0 Å². The van der Waals surface area contributed by atoms with Gasteiger partial charge in [-0.05, 0) is 55.5 Å². The van der Waals surface area contributed by atoms with Gasteiger partial charge in [-0.15, -0.1) is 0 Å². The third-order valence-corrected chi connectivity index (χ3v) is 5.23. The minimum absolute atomic E-state index is 0.0385. The van der Waals surface area contributed by atoms with Crippen molar-refractivity contribution in [1.82, 2.24) is 4.90 Å². The highest BCUT2D eigenvalue weighted by Gasteiger charge is 2.31. The van der Waals surface area contributed by atoms with Crippen molar-refractivity contribution in [3.05, 3.63) is 24.3 Å². The van der Waals surface area contributed by atoms with E-state index in [0.717, 1.165) is 36.3 Å². The van der Waals surface area contributed by atoms with Gasteiger partial charge in [-0.25, -0.2) is 0 Å². The molecule has 2 amide bonds. The largest absolute Gasteiger partial charge is 0.326 e. The predicted octanol–water partition coefficient (Wildman–Crippen LogP) is 3.10. The third-order valence-electron chi connectivity index (χ3n) is 5.23. The first-order valence-electron chi connectivity index (χ1n) is 9.00. The van der Waals surface area contributed by atoms with Crippen LogP contribution in [0, 0.1) is 11.8 Å². The van der Waals surface area contributed by atoms with E-state index >= 15 is 0 Å². The Morgan fingerprint density at radius 2 is 1.62 bits per heavy atom. The van der Waals surface area contributed by atoms with Gasteiger partial charge < -0.3 is 10.6 Å². The minimum Gasteiger partial charge on any atom is -0.326 e. The topological polar surface area (TPSA) is 61.4 Å². The van der Waals surface area contributed by atoms with Gasteiger partial charge in [0.1, 0.15) is 0 Å². The molecule has 1 heterocycles. The zero-order valence-corrected chi connectivity index (χ0v) is 14.4. The number of carbonyl (C=O) groups excluding carboxylic acids is 2. The molecule has 5 heteroatoms. The monoisotopic (exact) mass is 329 g/mol. The van der Waals surface area contributed by atoms with E-state index in [4.69, 9.17) is 0 Å². The Morgan fingerprint density at radius 3 is 2.29 bits per heavy atom. The molecule has 0 radical (unpaired) electrons. The average Bonchev–Trinajstić information content (AvgIpc) is 2.56. The molecule has 1 aliphatic heterocycles. The van der Waals surface area contributed by atoms with Crippen LogP contribution in [0.2, 0.25) is 0 Å². The highest BCUT2D eigenvalue weighted by atomic mass is 16.2. The average molecular weight is 329 g/mol. The molecule has 1 aliphatic carbocycles. The van der Waals surface area contributed by atoms with Crippen LogP contribution in [0.25, 0.3) is 0 Å². The van der Waals surface area contributed by atoms with E-state index in [0.29, 0.717) is 6.54 Å². The second-order valence-electron chi connectivity index (χ2n) is 7.14. The molecule has 1 saturated heterocycles. The molecule has 24 heavy (non-hydrogen) atoms. The highest BCUT2D eigenvalue weighted by Crippen LogP contribution is 2.35. The lowest BCUT2D eigenvalue weighted by molar-refractivity contribution is -0.118. The van der Waals surface area contributed by atoms with Crippen LogP contribution >= 0.6 is 0 Å². The van der Waals surface area contributed by atoms with Crippen molar-refractivity contribution in [3.8, 4) is 0 Å². The van der Waals surface area contributed by atoms with E-state index in [-0.39, 0.29) is 11.8 Å². The summed E-state index contributed by atoms with van der Waals surface area (Å²) in [4.78, 5) is 25.6. The van der Waals surface area contributed by atoms with Crippen molar-refractivity contribution in [2.24, 2.45) is 11.8 Å². The number of likely N-dealkylation sites (tertiary alicyclic amines) is 1. The summed E-state index contributed by atoms with van der Waals surface area (Å²) in [5.74, 6) is 1.62. The molecular weight excluding hydrogens is 302 g/mol. The quantitative estimate of drug-likeness (QED) is 0.892. The normalized spacial score (nSPS) is 24.0. The Kier molecular flexibility index (Phi) is 5.51. The Labute approximate surface area is 143 Å². The fourth-order valence-corrected chi connectivity index (χ4v) is 4.06. The van der Waals surface area contributed by atoms with Crippen molar-refractivity contribution in [3.63, 3.8) is 0 Å². The first-order chi connectivity index (χ1) is 11.6. The molecule has 1 saturated carbocycles. The standard InChI is InChI=1S/C19H27N3O2/c1-14(23)20-17-6-8-18(9-7-17)21-19(24)13-22-11-10-15-4-2-3-5-16(15)12-22/h6-9,15-16H,2-5,10-13H2,1H3,(H,20,23)(H,21,24)/t15-,16+/m0/s1. The van der Waals surface area contributed by atoms with Crippen molar-refractivity contribution in [2.45, 2.75) is 39.0 Å². The lowest BCUT2D eigenvalue weighted by Gasteiger charge is -2.41. The first-order valence-corrected chi connectivity index (χ1v) is 9.00. The zero-order valence-electron chi connectivity index (χ0n) is 14.4. The number of carbonyl (C=O) groups is 2. The van der Waals surface area contributed by atoms with Crippen LogP contribution in [-0.2, 0) is 9.59 Å². The van der Waals surface area contributed by atoms with Gasteiger partial charge in [0.15, 0.2) is 0 Å². The number of hydrogen-bond acceptors (Lipinski definition) is 3. The maximum absolute atomic E-state index is 12.3. The van der Waals surface area contributed by atoms with Gasteiger partial charge >= 0.3 is 0 Å². The third kappa shape index (κ3) is 4.57. The van der Waals surface area contributed by atoms with Crippen LogP contribution in [0.5, 0.6) is 0 Å². The number of hydrogen-bond donors (Lipinski definition) is 2. The lowest BCUT2D eigenvalue weighted by Crippen LogP contribution is -2.44. The van der Waals surface area contributed by atoms with Gasteiger partial charge in [-0.3, -0.25) is 14.5 Å². The van der Waals surface area contributed by atoms with Crippen LogP contribution in [0.3, 0.4) is 0 Å². The van der Waals surface area contributed by atoms with Crippen molar-refractivity contribution in [2.75, 3.05) is 30.3 Å². The fourth-order valence-electron chi connectivity index (χ4n) is 4.06. The summed E-state index contributed by atoms with van der Waals surface area (Å²) in [5, 5.41) is 5.67. The molecule has 0 spiro atoms. The Hall–Kier alpha value is -1.88. The van der Waals surface area contributed by atoms with Gasteiger partial charge in [0, 0.05) is 24.8 Å². The number of benzene rings is 1. The molecule has 0 unspecified atom stereocenters. The second-order valence-corrected chi connectivity index (χ2v) is 7.14. The summed E-state index contributed by atoms with van der Waals surface area (Å²) in [5.41, 5.74) is 1.50. The first kappa shape index (κ1) is 17.0. The summed E-state index contributed by atoms with van der Waals surface area (Å²) in [6.45, 7) is 4.05. The van der Waals surface area contributed by atoms with Gasteiger partial charge in [-0.2, -0.15) is 0 Å². The molecule has 2 aliphatic rings. The van der Waals surface area contributed by atoms with Crippen molar-refractivity contribution >= 4 is 23.2 Å². The summed E-state index contributed by atoms with van der Waals surface area (Å²) < 4.78 is 0. The van der Waals surface area contributed by atoms with E-state index in [1.54, 1.807) is 12.1 Å².